The van der Waals surface area contributed by atoms with Crippen LogP contribution in [0.1, 0.15) is 31.4 Å². The topological polar surface area (TPSA) is 194 Å². The summed E-state index contributed by atoms with van der Waals surface area (Å²) in [6.07, 6.45) is 3.01. The Morgan fingerprint density at radius 2 is 2.04 bits per heavy atom. The van der Waals surface area contributed by atoms with E-state index in [0.29, 0.717) is 34.9 Å². The number of β-lactam (4-membered cyclic amide) rings is 1. The Kier molecular flexibility index (Phi) is 9.64. The van der Waals surface area contributed by atoms with Crippen LogP contribution in [0.3, 0.4) is 0 Å². The molecule has 21 heteroatoms. The number of rotatable bonds is 11. The summed E-state index contributed by atoms with van der Waals surface area (Å²) in [4.78, 5) is 60.6. The first-order chi connectivity index (χ1) is 21.5. The molecular weight excluding hydrogens is 664 g/mol. The number of anilines is 1. The molecule has 3 aliphatic rings. The van der Waals surface area contributed by atoms with Gasteiger partial charge in [0, 0.05) is 16.9 Å². The van der Waals surface area contributed by atoms with E-state index in [9.17, 15) is 37.5 Å². The van der Waals surface area contributed by atoms with E-state index in [-0.39, 0.29) is 35.5 Å². The van der Waals surface area contributed by atoms with Crippen LogP contribution < -0.4 is 10.6 Å². The highest BCUT2D eigenvalue weighted by Crippen LogP contribution is 2.41. The Balaban J connectivity index is 1.31. The van der Waals surface area contributed by atoms with Gasteiger partial charge in [0.1, 0.15) is 35.5 Å². The Labute approximate surface area is 264 Å². The molecule has 238 valence electrons. The zero-order valence-electron chi connectivity index (χ0n) is 22.8. The van der Waals surface area contributed by atoms with Crippen molar-refractivity contribution >= 4 is 69.4 Å². The molecule has 5 rings (SSSR count). The maximum absolute atomic E-state index is 13.4. The van der Waals surface area contributed by atoms with E-state index in [1.54, 1.807) is 5.32 Å². The minimum atomic E-state index is -5.15. The molecule has 2 aliphatic heterocycles. The number of thioether (sulfide) groups is 2. The smallest absolute Gasteiger partial charge is 0.471 e. The molecular formula is C24H22F3N9O6S3. The molecule has 0 aromatic carbocycles. The molecule has 3 N–H and O–H groups in total. The molecule has 4 heterocycles. The number of hydrogen-bond acceptors (Lipinski definition) is 13. The predicted molar refractivity (Wildman–Crippen MR) is 154 cm³/mol. The molecule has 3 amide bonds. The number of terminal acetylenes is 1. The summed E-state index contributed by atoms with van der Waals surface area (Å²) >= 11 is 3.01. The molecule has 2 aromatic rings. The maximum atomic E-state index is 13.4. The standard InChI is InChI=1S/C24H22F3N9O6S3/c1-2-7-35-23(31-33-34-35)45-9-11-8-43-19-15(18(38)36(19)16(11)20(39)40)29-17(37)14(32-42-12-5-3-4-6-12)13-10-44-22(28-13)30-21(41)24(25,26)27/h1,10,12,15,19H,3-9H2,(H,29,37)(H,39,40)(H,28,30,41)/t15?,19-/m0/s1. The highest BCUT2D eigenvalue weighted by molar-refractivity contribution is 8.01. The fraction of sp³-hybridized carbons (Fsp3) is 0.458. The zero-order valence-corrected chi connectivity index (χ0v) is 25.3. The van der Waals surface area contributed by atoms with Gasteiger partial charge in [-0.1, -0.05) is 22.8 Å². The summed E-state index contributed by atoms with van der Waals surface area (Å²) in [6, 6.07) is -1.14. The summed E-state index contributed by atoms with van der Waals surface area (Å²) in [7, 11) is 0. The molecule has 0 spiro atoms. The van der Waals surface area contributed by atoms with Gasteiger partial charge in [0.05, 0.1) is 0 Å². The summed E-state index contributed by atoms with van der Waals surface area (Å²) in [6.45, 7) is 0.115. The number of fused-ring (bicyclic) bond motifs is 1. The summed E-state index contributed by atoms with van der Waals surface area (Å²) in [5, 5.41) is 29.6. The van der Waals surface area contributed by atoms with Crippen molar-refractivity contribution < 1.29 is 42.3 Å². The number of halogens is 3. The van der Waals surface area contributed by atoms with Crippen LogP contribution in [0, 0.1) is 12.3 Å². The molecule has 2 aromatic heterocycles. The third-order valence-electron chi connectivity index (χ3n) is 6.69. The van der Waals surface area contributed by atoms with E-state index in [2.05, 4.69) is 36.9 Å². The summed E-state index contributed by atoms with van der Waals surface area (Å²) in [5.41, 5.74) is -0.398. The van der Waals surface area contributed by atoms with Crippen molar-refractivity contribution in [2.24, 2.45) is 5.16 Å². The monoisotopic (exact) mass is 685 g/mol. The molecule has 1 aliphatic carbocycles. The highest BCUT2D eigenvalue weighted by Gasteiger charge is 2.54. The van der Waals surface area contributed by atoms with Crippen LogP contribution in [0.25, 0.3) is 0 Å². The molecule has 45 heavy (non-hydrogen) atoms. The van der Waals surface area contributed by atoms with Gasteiger partial charge in [0.25, 0.3) is 11.8 Å². The van der Waals surface area contributed by atoms with E-state index in [1.165, 1.54) is 21.8 Å². The van der Waals surface area contributed by atoms with Crippen LogP contribution in [0.4, 0.5) is 18.3 Å². The fourth-order valence-corrected chi connectivity index (χ4v) is 7.63. The largest absolute Gasteiger partial charge is 0.477 e. The van der Waals surface area contributed by atoms with E-state index in [0.717, 1.165) is 29.5 Å². The van der Waals surface area contributed by atoms with Gasteiger partial charge in [-0.3, -0.25) is 24.6 Å². The molecule has 1 saturated heterocycles. The van der Waals surface area contributed by atoms with Crippen molar-refractivity contribution in [3.63, 3.8) is 0 Å². The van der Waals surface area contributed by atoms with Crippen molar-refractivity contribution in [1.82, 2.24) is 35.4 Å². The number of nitrogens with one attached hydrogen (secondary N) is 2. The molecule has 2 fully saturated rings. The number of carboxylic acid groups (broad SMARTS) is 1. The molecule has 1 unspecified atom stereocenters. The number of aliphatic carboxylic acids is 1. The lowest BCUT2D eigenvalue weighted by Gasteiger charge is -2.49. The normalized spacial score (nSPS) is 20.4. The number of thiazole rings is 1. The van der Waals surface area contributed by atoms with Crippen LogP contribution in [0.15, 0.2) is 27.0 Å². The number of nitrogens with zero attached hydrogens (tertiary/aromatic N) is 7. The first-order valence-corrected chi connectivity index (χ1v) is 16.0. The minimum Gasteiger partial charge on any atom is -0.477 e. The van der Waals surface area contributed by atoms with Crippen molar-refractivity contribution in [2.45, 2.75) is 61.1 Å². The number of carbonyl (C=O) groups excluding carboxylic acids is 3. The van der Waals surface area contributed by atoms with Gasteiger partial charge >= 0.3 is 18.1 Å². The maximum Gasteiger partial charge on any atom is 0.471 e. The Hall–Kier alpha value is -4.16. The Morgan fingerprint density at radius 1 is 1.29 bits per heavy atom. The van der Waals surface area contributed by atoms with E-state index in [4.69, 9.17) is 11.3 Å². The van der Waals surface area contributed by atoms with Crippen molar-refractivity contribution in [2.75, 3.05) is 16.8 Å². The third kappa shape index (κ3) is 7.07. The lowest BCUT2D eigenvalue weighted by atomic mass is 10.0. The number of aromatic nitrogens is 5. The predicted octanol–water partition coefficient (Wildman–Crippen LogP) is 1.46. The van der Waals surface area contributed by atoms with Gasteiger partial charge in [0.15, 0.2) is 10.8 Å². The highest BCUT2D eigenvalue weighted by atomic mass is 32.2. The van der Waals surface area contributed by atoms with Crippen LogP contribution >= 0.6 is 34.9 Å². The van der Waals surface area contributed by atoms with Gasteiger partial charge in [-0.15, -0.1) is 34.6 Å². The van der Waals surface area contributed by atoms with Crippen molar-refractivity contribution in [3.8, 4) is 12.3 Å². The van der Waals surface area contributed by atoms with Crippen LogP contribution in [0.2, 0.25) is 0 Å². The van der Waals surface area contributed by atoms with Crippen LogP contribution in [-0.2, 0) is 30.6 Å². The molecule has 1 saturated carbocycles. The number of alkyl halides is 3. The number of carbonyl (C=O) groups is 4. The Bertz CT molecular complexity index is 1610. The first-order valence-electron chi connectivity index (χ1n) is 13.1. The minimum absolute atomic E-state index is 0.115. The SMILES string of the molecule is C#CCn1nnnc1SCC1=C(C(=O)O)N2C(=O)C(NC(=O)C(=NOC3CCCC3)c3csc(NC(=O)C(F)(F)F)n3)[C@@H]2SC1. The lowest BCUT2D eigenvalue weighted by Crippen LogP contribution is -2.71. The molecule has 2 atom stereocenters. The van der Waals surface area contributed by atoms with E-state index in [1.807, 2.05) is 0 Å². The third-order valence-corrected chi connectivity index (χ3v) is 9.83. The average Bonchev–Trinajstić information content (AvgIpc) is 3.77. The number of tetrazole rings is 1. The van der Waals surface area contributed by atoms with Crippen LogP contribution in [-0.4, -0.2) is 99.8 Å². The Morgan fingerprint density at radius 3 is 2.73 bits per heavy atom. The number of oxime groups is 1. The average molecular weight is 686 g/mol. The lowest BCUT2D eigenvalue weighted by molar-refractivity contribution is -0.167. The second kappa shape index (κ2) is 13.5. The van der Waals surface area contributed by atoms with Gasteiger partial charge in [0.2, 0.25) is 5.16 Å². The van der Waals surface area contributed by atoms with Crippen molar-refractivity contribution in [1.29, 1.82) is 0 Å². The van der Waals surface area contributed by atoms with Gasteiger partial charge < -0.3 is 15.3 Å². The van der Waals surface area contributed by atoms with E-state index >= 15 is 0 Å². The molecule has 0 radical (unpaired) electrons. The summed E-state index contributed by atoms with van der Waals surface area (Å²) < 4.78 is 39.5. The fourth-order valence-electron chi connectivity index (χ4n) is 4.57. The number of amides is 3. The molecule has 15 nitrogen and oxygen atoms in total. The summed E-state index contributed by atoms with van der Waals surface area (Å²) in [5.74, 6) is -2.41. The number of carboxylic acids is 1. The second-order valence-corrected chi connectivity index (χ2v) is 12.6. The second-order valence-electron chi connectivity index (χ2n) is 9.67. The number of hydrogen-bond donors (Lipinski definition) is 3. The van der Waals surface area contributed by atoms with E-state index < -0.39 is 52.1 Å². The van der Waals surface area contributed by atoms with Gasteiger partial charge in [-0.2, -0.15) is 13.2 Å². The molecule has 0 bridgehead atoms. The van der Waals surface area contributed by atoms with Gasteiger partial charge in [-0.25, -0.2) is 14.5 Å². The van der Waals surface area contributed by atoms with Crippen molar-refractivity contribution in [3.05, 3.63) is 22.3 Å². The zero-order chi connectivity index (χ0) is 32.3. The first kappa shape index (κ1) is 32.2. The quantitative estimate of drug-likeness (QED) is 0.102. The van der Waals surface area contributed by atoms with Gasteiger partial charge in [-0.05, 0) is 41.7 Å². The van der Waals surface area contributed by atoms with Crippen LogP contribution in [0.5, 0.6) is 0 Å².